The lowest BCUT2D eigenvalue weighted by atomic mass is 9.95. The largest absolute Gasteiger partial charge is 0.492 e. The number of Topliss-reactive ketones (excluding diaryl/α,β-unsaturated/α-hetero) is 1. The van der Waals surface area contributed by atoms with Gasteiger partial charge in [-0.25, -0.2) is 0 Å². The lowest BCUT2D eigenvalue weighted by Gasteiger charge is -2.04. The molecule has 0 aromatic heterocycles. The predicted octanol–water partition coefficient (Wildman–Crippen LogP) is 2.15. The molecule has 0 bridgehead atoms. The van der Waals surface area contributed by atoms with Gasteiger partial charge in [0, 0.05) is 5.56 Å². The number of fused-ring (bicyclic) bond motifs is 1. The first kappa shape index (κ1) is 9.79. The molecule has 1 atom stereocenters. The van der Waals surface area contributed by atoms with Crippen molar-refractivity contribution in [3.63, 3.8) is 0 Å². The number of carbonyl (C=O) groups is 1. The molecule has 15 heavy (non-hydrogen) atoms. The first-order valence-corrected chi connectivity index (χ1v) is 4.97. The zero-order chi connectivity index (χ0) is 10.7. The lowest BCUT2D eigenvalue weighted by Crippen LogP contribution is -2.13. The van der Waals surface area contributed by atoms with Crippen LogP contribution in [-0.2, 0) is 4.79 Å². The maximum absolute atomic E-state index is 11.8. The van der Waals surface area contributed by atoms with Gasteiger partial charge in [0.2, 0.25) is 0 Å². The summed E-state index contributed by atoms with van der Waals surface area (Å²) >= 11 is 0. The van der Waals surface area contributed by atoms with Crippen molar-refractivity contribution in [3.8, 4) is 17.6 Å². The van der Waals surface area contributed by atoms with E-state index < -0.39 is 0 Å². The van der Waals surface area contributed by atoms with Crippen molar-refractivity contribution in [3.05, 3.63) is 29.8 Å². The maximum Gasteiger partial charge on any atom is 0.155 e. The highest BCUT2D eigenvalue weighted by Crippen LogP contribution is 2.34. The summed E-state index contributed by atoms with van der Waals surface area (Å²) in [7, 11) is 0. The summed E-state index contributed by atoms with van der Waals surface area (Å²) in [4.78, 5) is 11.8. The predicted molar refractivity (Wildman–Crippen MR) is 57.8 cm³/mol. The summed E-state index contributed by atoms with van der Waals surface area (Å²) in [6.07, 6.45) is 0.318. The van der Waals surface area contributed by atoms with Gasteiger partial charge in [0.25, 0.3) is 0 Å². The second-order valence-electron chi connectivity index (χ2n) is 3.47. The van der Waals surface area contributed by atoms with Crippen molar-refractivity contribution in [1.29, 1.82) is 0 Å². The molecule has 0 spiro atoms. The molecule has 2 rings (SSSR count). The quantitative estimate of drug-likeness (QED) is 0.684. The Morgan fingerprint density at radius 3 is 3.13 bits per heavy atom. The van der Waals surface area contributed by atoms with Crippen molar-refractivity contribution in [2.24, 2.45) is 0 Å². The number of rotatable bonds is 2. The Morgan fingerprint density at radius 1 is 1.53 bits per heavy atom. The number of ketones is 1. The second-order valence-corrected chi connectivity index (χ2v) is 3.47. The molecule has 2 heteroatoms. The van der Waals surface area contributed by atoms with Crippen LogP contribution in [0, 0.1) is 11.8 Å². The molecule has 1 aromatic carbocycles. The third-order valence-electron chi connectivity index (χ3n) is 2.53. The summed E-state index contributed by atoms with van der Waals surface area (Å²) in [6, 6.07) is 7.69. The van der Waals surface area contributed by atoms with Gasteiger partial charge in [-0.15, -0.1) is 5.92 Å². The van der Waals surface area contributed by atoms with E-state index in [9.17, 15) is 4.79 Å². The van der Waals surface area contributed by atoms with Crippen molar-refractivity contribution in [2.75, 3.05) is 6.61 Å². The topological polar surface area (TPSA) is 26.3 Å². The SMILES string of the molecule is CC#CCC(=O)C1COc2ccccc21. The van der Waals surface area contributed by atoms with Gasteiger partial charge in [-0.3, -0.25) is 4.79 Å². The molecule has 0 saturated carbocycles. The maximum atomic E-state index is 11.8. The Morgan fingerprint density at radius 2 is 2.33 bits per heavy atom. The zero-order valence-electron chi connectivity index (χ0n) is 8.62. The zero-order valence-corrected chi connectivity index (χ0v) is 8.62. The van der Waals surface area contributed by atoms with Gasteiger partial charge in [0.15, 0.2) is 5.78 Å². The van der Waals surface area contributed by atoms with Crippen LogP contribution in [0.25, 0.3) is 0 Å². The van der Waals surface area contributed by atoms with Gasteiger partial charge in [-0.1, -0.05) is 24.1 Å². The van der Waals surface area contributed by atoms with Crippen LogP contribution in [0.4, 0.5) is 0 Å². The van der Waals surface area contributed by atoms with E-state index >= 15 is 0 Å². The molecule has 0 radical (unpaired) electrons. The van der Waals surface area contributed by atoms with Crippen LogP contribution in [0.2, 0.25) is 0 Å². The van der Waals surface area contributed by atoms with Gasteiger partial charge < -0.3 is 4.74 Å². The Hall–Kier alpha value is -1.75. The van der Waals surface area contributed by atoms with Crippen LogP contribution < -0.4 is 4.74 Å². The molecule has 0 saturated heterocycles. The number of ether oxygens (including phenoxy) is 1. The van der Waals surface area contributed by atoms with Crippen molar-refractivity contribution < 1.29 is 9.53 Å². The minimum absolute atomic E-state index is 0.123. The average Bonchev–Trinajstić information content (AvgIpc) is 2.69. The highest BCUT2D eigenvalue weighted by atomic mass is 16.5. The van der Waals surface area contributed by atoms with E-state index in [0.717, 1.165) is 11.3 Å². The molecular weight excluding hydrogens is 188 g/mol. The molecule has 1 aliphatic rings. The highest BCUT2D eigenvalue weighted by molar-refractivity contribution is 5.89. The summed E-state index contributed by atoms with van der Waals surface area (Å²) in [5, 5.41) is 0. The molecule has 0 fully saturated rings. The van der Waals surface area contributed by atoms with E-state index in [1.165, 1.54) is 0 Å². The van der Waals surface area contributed by atoms with E-state index in [0.29, 0.717) is 13.0 Å². The summed E-state index contributed by atoms with van der Waals surface area (Å²) in [5.74, 6) is 6.39. The van der Waals surface area contributed by atoms with Crippen LogP contribution in [-0.4, -0.2) is 12.4 Å². The van der Waals surface area contributed by atoms with Gasteiger partial charge in [-0.05, 0) is 13.0 Å². The Kier molecular flexibility index (Phi) is 2.73. The number of para-hydroxylation sites is 1. The lowest BCUT2D eigenvalue weighted by molar-refractivity contribution is -0.119. The van der Waals surface area contributed by atoms with Gasteiger partial charge in [0.05, 0.1) is 12.3 Å². The molecule has 1 aromatic rings. The molecule has 1 unspecified atom stereocenters. The smallest absolute Gasteiger partial charge is 0.155 e. The van der Waals surface area contributed by atoms with E-state index in [1.807, 2.05) is 24.3 Å². The number of carbonyl (C=O) groups excluding carboxylic acids is 1. The fourth-order valence-corrected chi connectivity index (χ4v) is 1.73. The summed E-state index contributed by atoms with van der Waals surface area (Å²) in [5.41, 5.74) is 1.00. The molecular formula is C13H12O2. The van der Waals surface area contributed by atoms with E-state index in [1.54, 1.807) is 6.92 Å². The first-order valence-electron chi connectivity index (χ1n) is 4.97. The van der Waals surface area contributed by atoms with E-state index in [4.69, 9.17) is 4.74 Å². The summed E-state index contributed by atoms with van der Waals surface area (Å²) < 4.78 is 5.44. The molecule has 0 aliphatic carbocycles. The van der Waals surface area contributed by atoms with E-state index in [2.05, 4.69) is 11.8 Å². The van der Waals surface area contributed by atoms with E-state index in [-0.39, 0.29) is 11.7 Å². The van der Waals surface area contributed by atoms with Gasteiger partial charge >= 0.3 is 0 Å². The normalized spacial score (nSPS) is 17.3. The van der Waals surface area contributed by atoms with Crippen molar-refractivity contribution in [1.82, 2.24) is 0 Å². The third kappa shape index (κ3) is 1.87. The third-order valence-corrected chi connectivity index (χ3v) is 2.53. The molecule has 2 nitrogen and oxygen atoms in total. The van der Waals surface area contributed by atoms with Crippen LogP contribution >= 0.6 is 0 Å². The first-order chi connectivity index (χ1) is 7.33. The van der Waals surface area contributed by atoms with Gasteiger partial charge in [0.1, 0.15) is 12.4 Å². The molecule has 76 valence electrons. The molecule has 0 amide bonds. The van der Waals surface area contributed by atoms with Crippen LogP contribution in [0.3, 0.4) is 0 Å². The Bertz CT molecular complexity index is 437. The van der Waals surface area contributed by atoms with Crippen LogP contribution in [0.1, 0.15) is 24.8 Å². The summed E-state index contributed by atoms with van der Waals surface area (Å²) in [6.45, 7) is 2.20. The number of hydrogen-bond donors (Lipinski definition) is 0. The number of hydrogen-bond acceptors (Lipinski definition) is 2. The standard InChI is InChI=1S/C13H12O2/c1-2-3-7-12(14)11-9-15-13-8-5-4-6-10(11)13/h4-6,8,11H,7,9H2,1H3. The van der Waals surface area contributed by atoms with Crippen molar-refractivity contribution >= 4 is 5.78 Å². The van der Waals surface area contributed by atoms with Crippen LogP contribution in [0.15, 0.2) is 24.3 Å². The minimum Gasteiger partial charge on any atom is -0.492 e. The number of benzene rings is 1. The van der Waals surface area contributed by atoms with Crippen LogP contribution in [0.5, 0.6) is 5.75 Å². The molecule has 1 aliphatic heterocycles. The molecule has 1 heterocycles. The Balaban J connectivity index is 2.19. The highest BCUT2D eigenvalue weighted by Gasteiger charge is 2.28. The van der Waals surface area contributed by atoms with Crippen molar-refractivity contribution in [2.45, 2.75) is 19.3 Å². The second kappa shape index (κ2) is 4.18. The fourth-order valence-electron chi connectivity index (χ4n) is 1.73. The fraction of sp³-hybridized carbons (Fsp3) is 0.308. The Labute approximate surface area is 89.3 Å². The minimum atomic E-state index is -0.123. The van der Waals surface area contributed by atoms with Gasteiger partial charge in [-0.2, -0.15) is 0 Å². The average molecular weight is 200 g/mol. The molecule has 0 N–H and O–H groups in total. The monoisotopic (exact) mass is 200 g/mol.